The maximum absolute atomic E-state index is 11.9. The van der Waals surface area contributed by atoms with Crippen LogP contribution in [0.5, 0.6) is 5.75 Å². The monoisotopic (exact) mass is 299 g/mol. The number of rotatable bonds is 6. The Bertz CT molecular complexity index is 587. The molecular weight excluding hydrogens is 278 g/mol. The molecule has 2 aromatic rings. The standard InChI is InChI=1S/C17H21N3O2/c21-17(10-13-20-12-3-11-18-20)19-14-6-8-16(9-7-14)22-15-4-1-2-5-15/h3,6-9,11-12,15H,1-2,4-5,10,13H2,(H,19,21). The van der Waals surface area contributed by atoms with E-state index in [9.17, 15) is 4.79 Å². The molecule has 0 unspecified atom stereocenters. The molecule has 0 bridgehead atoms. The molecule has 0 saturated heterocycles. The van der Waals surface area contributed by atoms with Gasteiger partial charge in [-0.2, -0.15) is 5.10 Å². The summed E-state index contributed by atoms with van der Waals surface area (Å²) >= 11 is 0. The van der Waals surface area contributed by atoms with Gasteiger partial charge in [-0.15, -0.1) is 0 Å². The number of amides is 1. The molecule has 1 saturated carbocycles. The summed E-state index contributed by atoms with van der Waals surface area (Å²) in [4.78, 5) is 11.9. The predicted octanol–water partition coefficient (Wildman–Crippen LogP) is 3.23. The van der Waals surface area contributed by atoms with Gasteiger partial charge in [0.05, 0.1) is 6.10 Å². The highest BCUT2D eigenvalue weighted by atomic mass is 16.5. The number of nitrogens with zero attached hydrogens (tertiary/aromatic N) is 2. The zero-order chi connectivity index (χ0) is 15.2. The SMILES string of the molecule is O=C(CCn1cccn1)Nc1ccc(OC2CCCC2)cc1. The second kappa shape index (κ2) is 7.11. The van der Waals surface area contributed by atoms with Crippen molar-refractivity contribution >= 4 is 11.6 Å². The normalized spacial score (nSPS) is 14.9. The molecule has 5 nitrogen and oxygen atoms in total. The molecule has 1 aromatic heterocycles. The summed E-state index contributed by atoms with van der Waals surface area (Å²) in [5.74, 6) is 0.862. The minimum Gasteiger partial charge on any atom is -0.490 e. The van der Waals surface area contributed by atoms with E-state index in [4.69, 9.17) is 4.74 Å². The lowest BCUT2D eigenvalue weighted by Crippen LogP contribution is -2.15. The number of hydrogen-bond acceptors (Lipinski definition) is 3. The molecule has 1 amide bonds. The Balaban J connectivity index is 1.46. The number of aryl methyl sites for hydroxylation is 1. The summed E-state index contributed by atoms with van der Waals surface area (Å²) in [5.41, 5.74) is 0.796. The Morgan fingerprint density at radius 2 is 2.05 bits per heavy atom. The maximum atomic E-state index is 11.9. The molecule has 5 heteroatoms. The van der Waals surface area contributed by atoms with Crippen LogP contribution >= 0.6 is 0 Å². The molecule has 0 radical (unpaired) electrons. The maximum Gasteiger partial charge on any atom is 0.226 e. The molecule has 22 heavy (non-hydrogen) atoms. The predicted molar refractivity (Wildman–Crippen MR) is 84.8 cm³/mol. The van der Waals surface area contributed by atoms with E-state index in [-0.39, 0.29) is 5.91 Å². The highest BCUT2D eigenvalue weighted by Gasteiger charge is 2.16. The zero-order valence-electron chi connectivity index (χ0n) is 12.6. The molecule has 1 aromatic carbocycles. The number of hydrogen-bond donors (Lipinski definition) is 1. The van der Waals surface area contributed by atoms with Crippen LogP contribution in [0, 0.1) is 0 Å². The van der Waals surface area contributed by atoms with Gasteiger partial charge in [-0.05, 0) is 56.0 Å². The Kier molecular flexibility index (Phi) is 4.73. The van der Waals surface area contributed by atoms with Gasteiger partial charge in [0.1, 0.15) is 5.75 Å². The summed E-state index contributed by atoms with van der Waals surface area (Å²) in [5, 5.41) is 6.97. The summed E-state index contributed by atoms with van der Waals surface area (Å²) in [7, 11) is 0. The van der Waals surface area contributed by atoms with E-state index in [0.717, 1.165) is 24.3 Å². The van der Waals surface area contributed by atoms with Crippen molar-refractivity contribution in [2.75, 3.05) is 5.32 Å². The van der Waals surface area contributed by atoms with E-state index < -0.39 is 0 Å². The highest BCUT2D eigenvalue weighted by Crippen LogP contribution is 2.25. The average Bonchev–Trinajstić information content (AvgIpc) is 3.20. The minimum atomic E-state index is -0.0139. The van der Waals surface area contributed by atoms with Gasteiger partial charge in [0.15, 0.2) is 0 Å². The minimum absolute atomic E-state index is 0.0139. The van der Waals surface area contributed by atoms with Gasteiger partial charge in [-0.25, -0.2) is 0 Å². The van der Waals surface area contributed by atoms with Crippen molar-refractivity contribution in [1.82, 2.24) is 9.78 Å². The number of anilines is 1. The molecule has 116 valence electrons. The van der Waals surface area contributed by atoms with Crippen LogP contribution in [0.25, 0.3) is 0 Å². The first-order valence-corrected chi connectivity index (χ1v) is 7.83. The highest BCUT2D eigenvalue weighted by molar-refractivity contribution is 5.90. The Labute approximate surface area is 130 Å². The van der Waals surface area contributed by atoms with Crippen molar-refractivity contribution in [1.29, 1.82) is 0 Å². The van der Waals surface area contributed by atoms with Crippen molar-refractivity contribution < 1.29 is 9.53 Å². The molecule has 1 aliphatic carbocycles. The number of benzene rings is 1. The molecular formula is C17H21N3O2. The summed E-state index contributed by atoms with van der Waals surface area (Å²) < 4.78 is 7.66. The third-order valence-corrected chi connectivity index (χ3v) is 3.87. The van der Waals surface area contributed by atoms with Crippen LogP contribution in [0.3, 0.4) is 0 Å². The van der Waals surface area contributed by atoms with Crippen molar-refractivity contribution in [2.45, 2.75) is 44.8 Å². The van der Waals surface area contributed by atoms with Crippen LogP contribution in [-0.2, 0) is 11.3 Å². The van der Waals surface area contributed by atoms with Crippen molar-refractivity contribution in [3.05, 3.63) is 42.7 Å². The molecule has 0 spiro atoms. The largest absolute Gasteiger partial charge is 0.490 e. The van der Waals surface area contributed by atoms with E-state index in [2.05, 4.69) is 10.4 Å². The van der Waals surface area contributed by atoms with Crippen LogP contribution in [0.4, 0.5) is 5.69 Å². The van der Waals surface area contributed by atoms with E-state index in [1.54, 1.807) is 10.9 Å². The van der Waals surface area contributed by atoms with Gasteiger partial charge in [-0.1, -0.05) is 0 Å². The number of carbonyl (C=O) groups is 1. The lowest BCUT2D eigenvalue weighted by Gasteiger charge is -2.13. The zero-order valence-corrected chi connectivity index (χ0v) is 12.6. The van der Waals surface area contributed by atoms with Crippen molar-refractivity contribution in [2.24, 2.45) is 0 Å². The smallest absolute Gasteiger partial charge is 0.226 e. The van der Waals surface area contributed by atoms with Crippen molar-refractivity contribution in [3.63, 3.8) is 0 Å². The van der Waals surface area contributed by atoms with E-state index in [1.165, 1.54) is 12.8 Å². The Morgan fingerprint density at radius 3 is 2.73 bits per heavy atom. The third kappa shape index (κ3) is 4.10. The second-order valence-corrected chi connectivity index (χ2v) is 5.62. The van der Waals surface area contributed by atoms with Gasteiger partial charge >= 0.3 is 0 Å². The first kappa shape index (κ1) is 14.6. The van der Waals surface area contributed by atoms with Crippen LogP contribution in [-0.4, -0.2) is 21.8 Å². The van der Waals surface area contributed by atoms with Crippen LogP contribution < -0.4 is 10.1 Å². The van der Waals surface area contributed by atoms with Crippen LogP contribution in [0.1, 0.15) is 32.1 Å². The molecule has 3 rings (SSSR count). The number of ether oxygens (including phenoxy) is 1. The van der Waals surface area contributed by atoms with Crippen LogP contribution in [0.2, 0.25) is 0 Å². The van der Waals surface area contributed by atoms with Gasteiger partial charge in [0.25, 0.3) is 0 Å². The second-order valence-electron chi connectivity index (χ2n) is 5.62. The lowest BCUT2D eigenvalue weighted by atomic mass is 10.2. The molecule has 1 aliphatic rings. The number of aromatic nitrogens is 2. The Morgan fingerprint density at radius 1 is 1.27 bits per heavy atom. The first-order chi connectivity index (χ1) is 10.8. The Hall–Kier alpha value is -2.30. The quantitative estimate of drug-likeness (QED) is 0.891. The topological polar surface area (TPSA) is 56.2 Å². The van der Waals surface area contributed by atoms with E-state index in [0.29, 0.717) is 19.1 Å². The summed E-state index contributed by atoms with van der Waals surface area (Å²) in [6.45, 7) is 0.585. The van der Waals surface area contributed by atoms with Gasteiger partial charge in [0, 0.05) is 31.0 Å². The molecule has 1 heterocycles. The summed E-state index contributed by atoms with van der Waals surface area (Å²) in [6, 6.07) is 9.45. The fraction of sp³-hybridized carbons (Fsp3) is 0.412. The van der Waals surface area contributed by atoms with Gasteiger partial charge in [-0.3, -0.25) is 9.48 Å². The third-order valence-electron chi connectivity index (χ3n) is 3.87. The lowest BCUT2D eigenvalue weighted by molar-refractivity contribution is -0.116. The number of nitrogens with one attached hydrogen (secondary N) is 1. The molecule has 0 aliphatic heterocycles. The molecule has 1 fully saturated rings. The molecule has 1 N–H and O–H groups in total. The number of carbonyl (C=O) groups excluding carboxylic acids is 1. The van der Waals surface area contributed by atoms with E-state index >= 15 is 0 Å². The van der Waals surface area contributed by atoms with E-state index in [1.807, 2.05) is 36.5 Å². The fourth-order valence-corrected chi connectivity index (χ4v) is 2.69. The first-order valence-electron chi connectivity index (χ1n) is 7.83. The van der Waals surface area contributed by atoms with Gasteiger partial charge in [0.2, 0.25) is 5.91 Å². The molecule has 0 atom stereocenters. The van der Waals surface area contributed by atoms with Gasteiger partial charge < -0.3 is 10.1 Å². The van der Waals surface area contributed by atoms with Crippen LogP contribution in [0.15, 0.2) is 42.7 Å². The summed E-state index contributed by atoms with van der Waals surface area (Å²) in [6.07, 6.45) is 9.13. The fourth-order valence-electron chi connectivity index (χ4n) is 2.69. The van der Waals surface area contributed by atoms with Crippen molar-refractivity contribution in [3.8, 4) is 5.75 Å². The average molecular weight is 299 g/mol.